The Morgan fingerprint density at radius 1 is 1.29 bits per heavy atom. The minimum Gasteiger partial charge on any atom is -0.382 e. The second kappa shape index (κ2) is 9.48. The molecule has 1 saturated heterocycles. The molecular weight excluding hydrogens is 437 g/mol. The largest absolute Gasteiger partial charge is 0.416 e. The maximum Gasteiger partial charge on any atom is 0.416 e. The summed E-state index contributed by atoms with van der Waals surface area (Å²) in [7, 11) is 0. The molecule has 1 fully saturated rings. The standard InChI is InChI=1S/C19H20ClF3N6O2/c20-15-16(25-10-26-17(15)24)18(31)28-13-5-2-6-29(8-13)9-14(30)27-12-4-1-3-11(7-12)19(21,22)23/h1,3-4,7,10,13H,2,5-6,8-9H2,(H,27,30)(H,28,31)(H2,24,25,26). The van der Waals surface area contributed by atoms with Gasteiger partial charge in [-0.1, -0.05) is 17.7 Å². The lowest BCUT2D eigenvalue weighted by Crippen LogP contribution is -2.49. The molecule has 1 unspecified atom stereocenters. The fourth-order valence-electron chi connectivity index (χ4n) is 3.29. The highest BCUT2D eigenvalue weighted by molar-refractivity contribution is 6.35. The third kappa shape index (κ3) is 6.05. The van der Waals surface area contributed by atoms with Crippen molar-refractivity contribution >= 4 is 34.9 Å². The van der Waals surface area contributed by atoms with Crippen molar-refractivity contribution in [3.63, 3.8) is 0 Å². The number of hydrogen-bond acceptors (Lipinski definition) is 6. The second-order valence-electron chi connectivity index (χ2n) is 7.10. The van der Waals surface area contributed by atoms with Crippen molar-refractivity contribution < 1.29 is 22.8 Å². The molecule has 2 amide bonds. The molecule has 166 valence electrons. The number of anilines is 2. The van der Waals surface area contributed by atoms with E-state index in [1.807, 2.05) is 4.90 Å². The number of likely N-dealkylation sites (tertiary alicyclic amines) is 1. The van der Waals surface area contributed by atoms with E-state index in [9.17, 15) is 22.8 Å². The van der Waals surface area contributed by atoms with Crippen molar-refractivity contribution in [3.8, 4) is 0 Å². The third-order valence-electron chi connectivity index (χ3n) is 4.71. The minimum absolute atomic E-state index is 0.00153. The Labute approximate surface area is 181 Å². The van der Waals surface area contributed by atoms with Gasteiger partial charge in [-0.2, -0.15) is 13.2 Å². The summed E-state index contributed by atoms with van der Waals surface area (Å²) in [5, 5.41) is 5.26. The van der Waals surface area contributed by atoms with E-state index in [-0.39, 0.29) is 34.8 Å². The van der Waals surface area contributed by atoms with Crippen LogP contribution >= 0.6 is 11.6 Å². The van der Waals surface area contributed by atoms with Gasteiger partial charge in [0.2, 0.25) is 5.91 Å². The Balaban J connectivity index is 1.55. The van der Waals surface area contributed by atoms with E-state index in [1.54, 1.807) is 0 Å². The van der Waals surface area contributed by atoms with Crippen molar-refractivity contribution in [2.45, 2.75) is 25.1 Å². The Hall–Kier alpha value is -2.92. The van der Waals surface area contributed by atoms with Crippen LogP contribution < -0.4 is 16.4 Å². The van der Waals surface area contributed by atoms with Crippen LogP contribution in [0.2, 0.25) is 5.02 Å². The van der Waals surface area contributed by atoms with E-state index in [2.05, 4.69) is 20.6 Å². The van der Waals surface area contributed by atoms with Crippen LogP contribution in [0, 0.1) is 0 Å². The number of halogens is 4. The van der Waals surface area contributed by atoms with E-state index < -0.39 is 23.6 Å². The van der Waals surface area contributed by atoms with Crippen molar-refractivity contribution in [2.24, 2.45) is 0 Å². The predicted molar refractivity (Wildman–Crippen MR) is 108 cm³/mol. The van der Waals surface area contributed by atoms with Crippen LogP contribution in [0.25, 0.3) is 0 Å². The van der Waals surface area contributed by atoms with E-state index in [4.69, 9.17) is 17.3 Å². The van der Waals surface area contributed by atoms with Gasteiger partial charge >= 0.3 is 6.18 Å². The number of carbonyl (C=O) groups excluding carboxylic acids is 2. The number of carbonyl (C=O) groups is 2. The summed E-state index contributed by atoms with van der Waals surface area (Å²) in [6.45, 7) is 0.980. The van der Waals surface area contributed by atoms with Crippen molar-refractivity contribution in [1.29, 1.82) is 0 Å². The number of alkyl halides is 3. The molecule has 0 saturated carbocycles. The summed E-state index contributed by atoms with van der Waals surface area (Å²) >= 11 is 5.97. The van der Waals surface area contributed by atoms with Crippen LogP contribution in [-0.2, 0) is 11.0 Å². The summed E-state index contributed by atoms with van der Waals surface area (Å²) in [6, 6.07) is 4.19. The van der Waals surface area contributed by atoms with Gasteiger partial charge in [-0.3, -0.25) is 14.5 Å². The van der Waals surface area contributed by atoms with Gasteiger partial charge in [-0.25, -0.2) is 9.97 Å². The first-order valence-corrected chi connectivity index (χ1v) is 9.77. The zero-order valence-electron chi connectivity index (χ0n) is 16.2. The number of rotatable bonds is 5. The zero-order valence-corrected chi connectivity index (χ0v) is 17.0. The van der Waals surface area contributed by atoms with Gasteiger partial charge in [0.05, 0.1) is 12.1 Å². The van der Waals surface area contributed by atoms with Gasteiger partial charge in [0.1, 0.15) is 17.2 Å². The summed E-state index contributed by atoms with van der Waals surface area (Å²) in [5.74, 6) is -0.948. The summed E-state index contributed by atoms with van der Waals surface area (Å²) in [5.41, 5.74) is 4.78. The Morgan fingerprint density at radius 3 is 2.81 bits per heavy atom. The smallest absolute Gasteiger partial charge is 0.382 e. The highest BCUT2D eigenvalue weighted by Gasteiger charge is 2.30. The number of nitrogens with one attached hydrogen (secondary N) is 2. The summed E-state index contributed by atoms with van der Waals surface area (Å²) in [4.78, 5) is 34.1. The number of benzene rings is 1. The van der Waals surface area contributed by atoms with Crippen LogP contribution in [0.1, 0.15) is 28.9 Å². The molecule has 12 heteroatoms. The van der Waals surface area contributed by atoms with Gasteiger partial charge in [0, 0.05) is 18.3 Å². The molecule has 8 nitrogen and oxygen atoms in total. The van der Waals surface area contributed by atoms with Crippen LogP contribution in [0.5, 0.6) is 0 Å². The number of piperidine rings is 1. The van der Waals surface area contributed by atoms with E-state index >= 15 is 0 Å². The monoisotopic (exact) mass is 456 g/mol. The molecule has 0 aliphatic carbocycles. The highest BCUT2D eigenvalue weighted by atomic mass is 35.5. The van der Waals surface area contributed by atoms with Crippen LogP contribution in [0.15, 0.2) is 30.6 Å². The minimum atomic E-state index is -4.49. The van der Waals surface area contributed by atoms with E-state index in [0.717, 1.165) is 24.9 Å². The lowest BCUT2D eigenvalue weighted by molar-refractivity contribution is -0.137. The van der Waals surface area contributed by atoms with Crippen molar-refractivity contribution in [3.05, 3.63) is 46.9 Å². The first-order valence-electron chi connectivity index (χ1n) is 9.40. The molecule has 1 atom stereocenters. The molecule has 0 radical (unpaired) electrons. The second-order valence-corrected chi connectivity index (χ2v) is 7.47. The van der Waals surface area contributed by atoms with Crippen molar-refractivity contribution in [2.75, 3.05) is 30.7 Å². The average Bonchev–Trinajstić information content (AvgIpc) is 2.69. The average molecular weight is 457 g/mol. The summed E-state index contributed by atoms with van der Waals surface area (Å²) in [6.07, 6.45) is -1.94. The number of hydrogen-bond donors (Lipinski definition) is 3. The number of nitrogen functional groups attached to an aromatic ring is 1. The number of nitrogens with two attached hydrogens (primary N) is 1. The van der Waals surface area contributed by atoms with Crippen LogP contribution in [0.3, 0.4) is 0 Å². The molecule has 1 aliphatic heterocycles. The maximum atomic E-state index is 12.8. The third-order valence-corrected chi connectivity index (χ3v) is 5.09. The molecule has 1 aromatic carbocycles. The SMILES string of the molecule is Nc1ncnc(C(=O)NC2CCCN(CC(=O)Nc3cccc(C(F)(F)F)c3)C2)c1Cl. The van der Waals surface area contributed by atoms with Gasteiger partial charge in [0.15, 0.2) is 5.69 Å². The van der Waals surface area contributed by atoms with E-state index in [0.29, 0.717) is 19.5 Å². The molecule has 1 aliphatic rings. The number of amides is 2. The molecule has 0 bridgehead atoms. The van der Waals surface area contributed by atoms with Gasteiger partial charge in [0.25, 0.3) is 5.91 Å². The number of nitrogens with zero attached hydrogens (tertiary/aromatic N) is 3. The lowest BCUT2D eigenvalue weighted by atomic mass is 10.1. The quantitative estimate of drug-likeness (QED) is 0.637. The highest BCUT2D eigenvalue weighted by Crippen LogP contribution is 2.30. The predicted octanol–water partition coefficient (Wildman–Crippen LogP) is 2.56. The van der Waals surface area contributed by atoms with Gasteiger partial charge in [-0.05, 0) is 37.6 Å². The molecular formula is C19H20ClF3N6O2. The number of aromatic nitrogens is 2. The first kappa shape index (κ1) is 22.8. The molecule has 31 heavy (non-hydrogen) atoms. The molecule has 0 spiro atoms. The molecule has 2 aromatic rings. The lowest BCUT2D eigenvalue weighted by Gasteiger charge is -2.32. The van der Waals surface area contributed by atoms with Crippen LogP contribution in [-0.4, -0.2) is 52.4 Å². The molecule has 2 heterocycles. The fourth-order valence-corrected chi connectivity index (χ4v) is 3.47. The normalized spacial score (nSPS) is 17.2. The van der Waals surface area contributed by atoms with Gasteiger partial charge in [-0.15, -0.1) is 0 Å². The maximum absolute atomic E-state index is 12.8. The van der Waals surface area contributed by atoms with Gasteiger partial charge < -0.3 is 16.4 Å². The Morgan fingerprint density at radius 2 is 2.06 bits per heavy atom. The van der Waals surface area contributed by atoms with Crippen molar-refractivity contribution in [1.82, 2.24) is 20.2 Å². The molecule has 1 aromatic heterocycles. The molecule has 3 rings (SSSR count). The summed E-state index contributed by atoms with van der Waals surface area (Å²) < 4.78 is 38.4. The van der Waals surface area contributed by atoms with Crippen LogP contribution in [0.4, 0.5) is 24.7 Å². The molecule has 4 N–H and O–H groups in total. The Kier molecular flexibility index (Phi) is 6.96. The topological polar surface area (TPSA) is 113 Å². The fraction of sp³-hybridized carbons (Fsp3) is 0.368. The zero-order chi connectivity index (χ0) is 22.6. The Bertz CT molecular complexity index is 972. The van der Waals surface area contributed by atoms with E-state index in [1.165, 1.54) is 12.1 Å². The first-order chi connectivity index (χ1) is 14.6.